The van der Waals surface area contributed by atoms with Crippen LogP contribution in [0.25, 0.3) is 38.9 Å². The summed E-state index contributed by atoms with van der Waals surface area (Å²) < 4.78 is 7.06. The number of nitrogens with one attached hydrogen (secondary N) is 2. The standard InChI is InChI=1S/C31H27N7O2/c1-37(2)36-31(39)27-14-7-4-11-24(27)21-9-8-10-22(19-21)32-28-25-12-5-6-13-26(25)30-34-33-29(38(30)35-28)20-15-17-23(40-3)18-16-20/h4-19H,1-3H3,(H,32,35)(H,36,39). The van der Waals surface area contributed by atoms with Crippen molar-refractivity contribution in [1.82, 2.24) is 30.2 Å². The Morgan fingerprint density at radius 1 is 0.825 bits per heavy atom. The number of carbonyl (C=O) groups excluding carboxylic acids is 1. The third-order valence-electron chi connectivity index (χ3n) is 6.55. The highest BCUT2D eigenvalue weighted by Crippen LogP contribution is 2.32. The maximum absolute atomic E-state index is 12.9. The molecule has 6 aromatic rings. The van der Waals surface area contributed by atoms with Gasteiger partial charge in [-0.05, 0) is 53.6 Å². The molecule has 6 rings (SSSR count). The van der Waals surface area contributed by atoms with E-state index in [0.29, 0.717) is 22.9 Å². The molecule has 0 radical (unpaired) electrons. The molecule has 0 saturated heterocycles. The fourth-order valence-electron chi connectivity index (χ4n) is 4.69. The second-order valence-corrected chi connectivity index (χ2v) is 9.47. The lowest BCUT2D eigenvalue weighted by molar-refractivity contribution is 0.0857. The second kappa shape index (κ2) is 10.5. The molecule has 9 heteroatoms. The zero-order valence-corrected chi connectivity index (χ0v) is 22.3. The van der Waals surface area contributed by atoms with Gasteiger partial charge >= 0.3 is 0 Å². The van der Waals surface area contributed by atoms with E-state index in [1.54, 1.807) is 30.7 Å². The van der Waals surface area contributed by atoms with Crippen LogP contribution in [0.2, 0.25) is 0 Å². The molecule has 0 saturated carbocycles. The molecule has 0 unspecified atom stereocenters. The van der Waals surface area contributed by atoms with Gasteiger partial charge in [0.25, 0.3) is 5.91 Å². The molecule has 9 nitrogen and oxygen atoms in total. The van der Waals surface area contributed by atoms with Gasteiger partial charge in [-0.2, -0.15) is 4.52 Å². The number of hydrogen-bond acceptors (Lipinski definition) is 7. The molecule has 2 heterocycles. The highest BCUT2D eigenvalue weighted by atomic mass is 16.5. The molecule has 198 valence electrons. The molecule has 0 aliphatic carbocycles. The van der Waals surface area contributed by atoms with Crippen molar-refractivity contribution < 1.29 is 9.53 Å². The summed E-state index contributed by atoms with van der Waals surface area (Å²) in [6, 6.07) is 31.1. The van der Waals surface area contributed by atoms with Gasteiger partial charge in [0.05, 0.1) is 7.11 Å². The topological polar surface area (TPSA) is 96.7 Å². The number of nitrogens with zero attached hydrogens (tertiary/aromatic N) is 5. The zero-order valence-electron chi connectivity index (χ0n) is 22.3. The Labute approximate surface area is 231 Å². The highest BCUT2D eigenvalue weighted by molar-refractivity contribution is 6.02. The minimum Gasteiger partial charge on any atom is -0.497 e. The van der Waals surface area contributed by atoms with E-state index in [2.05, 4.69) is 20.9 Å². The van der Waals surface area contributed by atoms with Gasteiger partial charge in [-0.1, -0.05) is 54.6 Å². The predicted octanol–water partition coefficient (Wildman–Crippen LogP) is 5.57. The van der Waals surface area contributed by atoms with Crippen LogP contribution in [0.4, 0.5) is 11.5 Å². The van der Waals surface area contributed by atoms with Crippen molar-refractivity contribution in [2.45, 2.75) is 0 Å². The van der Waals surface area contributed by atoms with Crippen LogP contribution in [0.3, 0.4) is 0 Å². The summed E-state index contributed by atoms with van der Waals surface area (Å²) in [6.45, 7) is 0. The van der Waals surface area contributed by atoms with Gasteiger partial charge < -0.3 is 10.1 Å². The van der Waals surface area contributed by atoms with E-state index in [1.807, 2.05) is 97.1 Å². The van der Waals surface area contributed by atoms with Gasteiger partial charge in [0.1, 0.15) is 5.75 Å². The van der Waals surface area contributed by atoms with Crippen LogP contribution in [0.15, 0.2) is 97.1 Å². The van der Waals surface area contributed by atoms with E-state index in [9.17, 15) is 4.79 Å². The molecular formula is C31H27N7O2. The molecule has 0 aliphatic rings. The molecule has 2 N–H and O–H groups in total. The van der Waals surface area contributed by atoms with E-state index in [4.69, 9.17) is 9.84 Å². The van der Waals surface area contributed by atoms with Crippen LogP contribution in [-0.2, 0) is 0 Å². The van der Waals surface area contributed by atoms with Crippen molar-refractivity contribution in [3.05, 3.63) is 103 Å². The number of methoxy groups -OCH3 is 1. The smallest absolute Gasteiger partial charge is 0.266 e. The predicted molar refractivity (Wildman–Crippen MR) is 157 cm³/mol. The summed E-state index contributed by atoms with van der Waals surface area (Å²) in [5, 5.41) is 20.8. The van der Waals surface area contributed by atoms with E-state index >= 15 is 0 Å². The van der Waals surface area contributed by atoms with Crippen LogP contribution < -0.4 is 15.5 Å². The number of hydrogen-bond donors (Lipinski definition) is 2. The van der Waals surface area contributed by atoms with Gasteiger partial charge in [0.15, 0.2) is 17.3 Å². The molecular weight excluding hydrogens is 502 g/mol. The Kier molecular flexibility index (Phi) is 6.55. The summed E-state index contributed by atoms with van der Waals surface area (Å²) in [7, 11) is 5.21. The lowest BCUT2D eigenvalue weighted by Crippen LogP contribution is -2.36. The number of rotatable bonds is 7. The fourth-order valence-corrected chi connectivity index (χ4v) is 4.69. The van der Waals surface area contributed by atoms with Gasteiger partial charge in [-0.15, -0.1) is 15.3 Å². The number of fused-ring (bicyclic) bond motifs is 3. The monoisotopic (exact) mass is 529 g/mol. The first-order chi connectivity index (χ1) is 19.5. The van der Waals surface area contributed by atoms with Gasteiger partial charge in [0, 0.05) is 41.7 Å². The Bertz CT molecular complexity index is 1850. The molecule has 0 atom stereocenters. The normalized spacial score (nSPS) is 11.2. The Balaban J connectivity index is 1.42. The van der Waals surface area contributed by atoms with E-state index in [-0.39, 0.29) is 5.91 Å². The third-order valence-corrected chi connectivity index (χ3v) is 6.55. The number of benzene rings is 4. The second-order valence-electron chi connectivity index (χ2n) is 9.47. The molecule has 0 fully saturated rings. The molecule has 0 bridgehead atoms. The number of anilines is 2. The first-order valence-electron chi connectivity index (χ1n) is 12.7. The summed E-state index contributed by atoms with van der Waals surface area (Å²) in [4.78, 5) is 12.9. The van der Waals surface area contributed by atoms with Crippen molar-refractivity contribution >= 4 is 33.8 Å². The van der Waals surface area contributed by atoms with Crippen molar-refractivity contribution in [1.29, 1.82) is 0 Å². The SMILES string of the molecule is COc1ccc(-c2nnc3c4ccccc4c(Nc4cccc(-c5ccccc5C(=O)NN(C)C)c4)nn23)cc1. The average molecular weight is 530 g/mol. The molecule has 1 amide bonds. The maximum Gasteiger partial charge on any atom is 0.266 e. The van der Waals surface area contributed by atoms with Crippen LogP contribution in [0, 0.1) is 0 Å². The van der Waals surface area contributed by atoms with Crippen LogP contribution >= 0.6 is 0 Å². The van der Waals surface area contributed by atoms with Crippen LogP contribution in [0.5, 0.6) is 5.75 Å². The Morgan fingerprint density at radius 2 is 1.57 bits per heavy atom. The first-order valence-corrected chi connectivity index (χ1v) is 12.7. The number of ether oxygens (including phenoxy) is 1. The Hall–Kier alpha value is -5.28. The quantitative estimate of drug-likeness (QED) is 0.261. The maximum atomic E-state index is 12.9. The van der Waals surface area contributed by atoms with Gasteiger partial charge in [-0.25, -0.2) is 5.01 Å². The van der Waals surface area contributed by atoms with Crippen LogP contribution in [-0.4, -0.2) is 51.9 Å². The number of amides is 1. The lowest BCUT2D eigenvalue weighted by Gasteiger charge is -2.15. The van der Waals surface area contributed by atoms with Crippen molar-refractivity contribution in [2.24, 2.45) is 0 Å². The van der Waals surface area contributed by atoms with Crippen molar-refractivity contribution in [2.75, 3.05) is 26.5 Å². The molecule has 4 aromatic carbocycles. The lowest BCUT2D eigenvalue weighted by atomic mass is 9.99. The number of carbonyl (C=O) groups is 1. The Morgan fingerprint density at radius 3 is 2.35 bits per heavy atom. The van der Waals surface area contributed by atoms with Crippen molar-refractivity contribution in [3.63, 3.8) is 0 Å². The summed E-state index contributed by atoms with van der Waals surface area (Å²) in [5.74, 6) is 1.88. The first kappa shape index (κ1) is 25.0. The summed E-state index contributed by atoms with van der Waals surface area (Å²) >= 11 is 0. The largest absolute Gasteiger partial charge is 0.497 e. The van der Waals surface area contributed by atoms with Gasteiger partial charge in [-0.3, -0.25) is 10.2 Å². The fraction of sp³-hybridized carbons (Fsp3) is 0.0968. The number of aromatic nitrogens is 4. The average Bonchev–Trinajstić information content (AvgIpc) is 3.41. The summed E-state index contributed by atoms with van der Waals surface area (Å²) in [5.41, 5.74) is 7.53. The minimum atomic E-state index is -0.171. The number of hydrazine groups is 1. The molecule has 0 spiro atoms. The van der Waals surface area contributed by atoms with Gasteiger partial charge in [0.2, 0.25) is 0 Å². The van der Waals surface area contributed by atoms with Crippen LogP contribution in [0.1, 0.15) is 10.4 Å². The van der Waals surface area contributed by atoms with E-state index in [0.717, 1.165) is 38.9 Å². The summed E-state index contributed by atoms with van der Waals surface area (Å²) in [6.07, 6.45) is 0. The van der Waals surface area contributed by atoms with Crippen molar-refractivity contribution in [3.8, 4) is 28.3 Å². The molecule has 40 heavy (non-hydrogen) atoms. The van der Waals surface area contributed by atoms with E-state index < -0.39 is 0 Å². The molecule has 0 aliphatic heterocycles. The third kappa shape index (κ3) is 4.70. The van der Waals surface area contributed by atoms with E-state index in [1.165, 1.54) is 0 Å². The zero-order chi connectivity index (χ0) is 27.6. The minimum absolute atomic E-state index is 0.171. The molecule has 2 aromatic heterocycles. The highest BCUT2D eigenvalue weighted by Gasteiger charge is 2.17.